The van der Waals surface area contributed by atoms with Crippen molar-refractivity contribution in [3.8, 4) is 0 Å². The number of hydrogen-bond acceptors (Lipinski definition) is 6. The highest BCUT2D eigenvalue weighted by atomic mass is 16.6. The fourth-order valence-electron chi connectivity index (χ4n) is 3.80. The molecule has 24 heavy (non-hydrogen) atoms. The molecule has 9 nitrogen and oxygen atoms in total. The van der Waals surface area contributed by atoms with Crippen LogP contribution in [0.25, 0.3) is 0 Å². The predicted molar refractivity (Wildman–Crippen MR) is 80.2 cm³/mol. The maximum absolute atomic E-state index is 11.7. The van der Waals surface area contributed by atoms with Crippen molar-refractivity contribution < 1.29 is 24.0 Å². The number of hydrogen-bond donors (Lipinski definition) is 1. The van der Waals surface area contributed by atoms with E-state index in [0.717, 1.165) is 0 Å². The fraction of sp³-hybridized carbons (Fsp3) is 0.467. The summed E-state index contributed by atoms with van der Waals surface area (Å²) >= 11 is 0. The summed E-state index contributed by atoms with van der Waals surface area (Å²) in [5.74, 6) is 0.839. The van der Waals surface area contributed by atoms with Gasteiger partial charge in [0.25, 0.3) is 12.1 Å². The Bertz CT molecular complexity index is 664. The summed E-state index contributed by atoms with van der Waals surface area (Å²) in [6, 6.07) is 2.88. The van der Waals surface area contributed by atoms with Crippen LogP contribution in [0.15, 0.2) is 45.6 Å². The minimum absolute atomic E-state index is 0.420. The molecule has 3 heterocycles. The van der Waals surface area contributed by atoms with Crippen molar-refractivity contribution in [3.63, 3.8) is 0 Å². The first kappa shape index (κ1) is 16.2. The lowest BCUT2D eigenvalue weighted by Gasteiger charge is -2.40. The highest BCUT2D eigenvalue weighted by molar-refractivity contribution is 5.13. The number of nitrogens with zero attached hydrogens (tertiary/aromatic N) is 2. The maximum Gasteiger partial charge on any atom is 0.282 e. The first-order valence-electron chi connectivity index (χ1n) is 7.53. The summed E-state index contributed by atoms with van der Waals surface area (Å²) in [7, 11) is 0. The topological polar surface area (TPSA) is 129 Å². The Kier molecular flexibility index (Phi) is 3.88. The maximum atomic E-state index is 11.7. The molecule has 0 spiro atoms. The molecule has 0 saturated carbocycles. The molecule has 2 N–H and O–H groups in total. The quantitative estimate of drug-likeness (QED) is 0.666. The Labute approximate surface area is 136 Å². The fourth-order valence-corrected chi connectivity index (χ4v) is 3.80. The van der Waals surface area contributed by atoms with Gasteiger partial charge in [-0.05, 0) is 38.1 Å². The Hall–Kier alpha value is -2.68. The van der Waals surface area contributed by atoms with Gasteiger partial charge in [-0.3, -0.25) is 20.2 Å². The average molecular weight is 336 g/mol. The van der Waals surface area contributed by atoms with Gasteiger partial charge in [0.1, 0.15) is 5.41 Å². The highest BCUT2D eigenvalue weighted by Crippen LogP contribution is 2.43. The van der Waals surface area contributed by atoms with Gasteiger partial charge in [-0.2, -0.15) is 0 Å². The second kappa shape index (κ2) is 5.75. The molecule has 4 atom stereocenters. The zero-order valence-corrected chi connectivity index (χ0v) is 13.2. The average Bonchev–Trinajstić information content (AvgIpc) is 3.17. The van der Waals surface area contributed by atoms with Crippen molar-refractivity contribution in [1.29, 1.82) is 0 Å². The van der Waals surface area contributed by atoms with Crippen LogP contribution >= 0.6 is 0 Å². The molecule has 3 rings (SSSR count). The van der Waals surface area contributed by atoms with Gasteiger partial charge >= 0.3 is 0 Å². The molecule has 0 aromatic carbocycles. The third-order valence-corrected chi connectivity index (χ3v) is 4.82. The van der Waals surface area contributed by atoms with Crippen molar-refractivity contribution in [3.05, 3.63) is 68.5 Å². The summed E-state index contributed by atoms with van der Waals surface area (Å²) in [4.78, 5) is 22.6. The van der Waals surface area contributed by atoms with Crippen LogP contribution in [0.1, 0.15) is 37.5 Å². The summed E-state index contributed by atoms with van der Waals surface area (Å²) in [5.41, 5.74) is -1.21. The van der Waals surface area contributed by atoms with Crippen molar-refractivity contribution in [1.82, 2.24) is 0 Å². The smallest absolute Gasteiger partial charge is 0.282 e. The van der Waals surface area contributed by atoms with Gasteiger partial charge < -0.3 is 14.2 Å². The molecule has 0 amide bonds. The Morgan fingerprint density at radius 2 is 1.38 bits per heavy atom. The van der Waals surface area contributed by atoms with Crippen molar-refractivity contribution in [2.75, 3.05) is 0 Å². The molecule has 9 heteroatoms. The van der Waals surface area contributed by atoms with Gasteiger partial charge in [-0.15, -0.1) is 0 Å². The SMILES string of the molecule is CC1(C)[C@@H]([N+](=O)[O-])[C@@H](c2ccco2)[NH2+][C@@H](c2ccco2)[C@H]1[N+](=O)[O-]. The predicted octanol–water partition coefficient (Wildman–Crippen LogP) is 1.55. The molecule has 1 aliphatic heterocycles. The highest BCUT2D eigenvalue weighted by Gasteiger charge is 2.67. The molecule has 1 saturated heterocycles. The molecule has 0 unspecified atom stereocenters. The monoisotopic (exact) mass is 336 g/mol. The van der Waals surface area contributed by atoms with E-state index in [2.05, 4.69) is 0 Å². The molecular formula is C15H18N3O6+. The number of quaternary nitrogens is 1. The van der Waals surface area contributed by atoms with Crippen LogP contribution in [0.5, 0.6) is 0 Å². The van der Waals surface area contributed by atoms with E-state index in [1.165, 1.54) is 12.5 Å². The van der Waals surface area contributed by atoms with Crippen LogP contribution in [0, 0.1) is 25.6 Å². The second-order valence-corrected chi connectivity index (χ2v) is 6.56. The molecule has 128 valence electrons. The van der Waals surface area contributed by atoms with Gasteiger partial charge in [0.15, 0.2) is 11.5 Å². The summed E-state index contributed by atoms with van der Waals surface area (Å²) in [6.45, 7) is 3.12. The zero-order valence-electron chi connectivity index (χ0n) is 13.2. The van der Waals surface area contributed by atoms with Crippen molar-refractivity contribution in [2.45, 2.75) is 38.0 Å². The standard InChI is InChI=1S/C15H17N3O6/c1-15(2)13(17(19)20)11(9-5-3-7-23-9)16-12(14(15)18(21)22)10-6-4-8-24-10/h3-8,11-14,16H,1-2H3/p+1/t11-,12+,13+,14-. The first-order valence-corrected chi connectivity index (χ1v) is 7.53. The Balaban J connectivity index is 2.12. The third-order valence-electron chi connectivity index (χ3n) is 4.82. The van der Waals surface area contributed by atoms with Gasteiger partial charge in [-0.1, -0.05) is 0 Å². The number of nitrogens with two attached hydrogens (primary N) is 1. The van der Waals surface area contributed by atoms with E-state index in [-0.39, 0.29) is 0 Å². The molecule has 2 aromatic heterocycles. The van der Waals surface area contributed by atoms with Gasteiger partial charge in [0, 0.05) is 9.85 Å². The lowest BCUT2D eigenvalue weighted by molar-refractivity contribution is -0.821. The molecule has 2 aromatic rings. The molecule has 0 bridgehead atoms. The van der Waals surface area contributed by atoms with Crippen LogP contribution in [0.4, 0.5) is 0 Å². The second-order valence-electron chi connectivity index (χ2n) is 6.56. The van der Waals surface area contributed by atoms with E-state index < -0.39 is 39.4 Å². The van der Waals surface area contributed by atoms with Crippen LogP contribution < -0.4 is 5.32 Å². The van der Waals surface area contributed by atoms with Gasteiger partial charge in [0.2, 0.25) is 12.1 Å². The molecule has 1 aliphatic rings. The van der Waals surface area contributed by atoms with Crippen molar-refractivity contribution in [2.24, 2.45) is 5.41 Å². The number of nitro groups is 2. The lowest BCUT2D eigenvalue weighted by atomic mass is 9.68. The molecular weight excluding hydrogens is 318 g/mol. The number of rotatable bonds is 4. The Morgan fingerprint density at radius 1 is 0.958 bits per heavy atom. The number of piperidine rings is 1. The third kappa shape index (κ3) is 2.46. The summed E-state index contributed by atoms with van der Waals surface area (Å²) in [5, 5.41) is 25.1. The van der Waals surface area contributed by atoms with Crippen LogP contribution in [-0.4, -0.2) is 21.9 Å². The lowest BCUT2D eigenvalue weighted by Crippen LogP contribution is -2.95. The Morgan fingerprint density at radius 3 is 1.67 bits per heavy atom. The van der Waals surface area contributed by atoms with Gasteiger partial charge in [0.05, 0.1) is 12.5 Å². The zero-order chi connectivity index (χ0) is 17.5. The van der Waals surface area contributed by atoms with Gasteiger partial charge in [-0.25, -0.2) is 0 Å². The van der Waals surface area contributed by atoms with E-state index in [0.29, 0.717) is 11.5 Å². The molecule has 1 fully saturated rings. The summed E-state index contributed by atoms with van der Waals surface area (Å²) in [6.07, 6.45) is 2.88. The minimum Gasteiger partial charge on any atom is -0.463 e. The minimum atomic E-state index is -1.21. The largest absolute Gasteiger partial charge is 0.463 e. The molecule has 0 aliphatic carbocycles. The van der Waals surface area contributed by atoms with E-state index in [1.807, 2.05) is 0 Å². The van der Waals surface area contributed by atoms with E-state index >= 15 is 0 Å². The molecule has 0 radical (unpaired) electrons. The van der Waals surface area contributed by atoms with Crippen LogP contribution in [0.3, 0.4) is 0 Å². The van der Waals surface area contributed by atoms with E-state index in [9.17, 15) is 20.2 Å². The van der Waals surface area contributed by atoms with E-state index in [1.54, 1.807) is 43.4 Å². The normalized spacial score (nSPS) is 29.2. The van der Waals surface area contributed by atoms with Crippen LogP contribution in [0.2, 0.25) is 0 Å². The van der Waals surface area contributed by atoms with E-state index in [4.69, 9.17) is 8.83 Å². The van der Waals surface area contributed by atoms with Crippen LogP contribution in [-0.2, 0) is 0 Å². The number of furan rings is 2. The first-order chi connectivity index (χ1) is 11.3. The summed E-state index contributed by atoms with van der Waals surface area (Å²) < 4.78 is 10.7. The van der Waals surface area contributed by atoms with Crippen molar-refractivity contribution >= 4 is 0 Å².